The molecule has 1 saturated heterocycles. The summed E-state index contributed by atoms with van der Waals surface area (Å²) in [6.07, 6.45) is 1.31. The first-order valence-corrected chi connectivity index (χ1v) is 10.7. The normalized spacial score (nSPS) is 18.8. The Morgan fingerprint density at radius 1 is 1.03 bits per heavy atom. The van der Waals surface area contributed by atoms with E-state index >= 15 is 0 Å². The van der Waals surface area contributed by atoms with Gasteiger partial charge < -0.3 is 5.32 Å². The third-order valence-corrected chi connectivity index (χ3v) is 7.26. The van der Waals surface area contributed by atoms with Crippen molar-refractivity contribution in [2.24, 2.45) is 0 Å². The lowest BCUT2D eigenvalue weighted by Crippen LogP contribution is -2.25. The van der Waals surface area contributed by atoms with Crippen LogP contribution in [0.15, 0.2) is 42.9 Å². The molecule has 0 spiro atoms. The number of nitrogens with one attached hydrogen (secondary N) is 1. The minimum atomic E-state index is -4.41. The van der Waals surface area contributed by atoms with Crippen LogP contribution in [0.4, 0.5) is 19.0 Å². The van der Waals surface area contributed by atoms with E-state index in [0.29, 0.717) is 40.8 Å². The average Bonchev–Trinajstić information content (AvgIpc) is 3.03. The number of halogens is 3. The molecule has 152 valence electrons. The van der Waals surface area contributed by atoms with Gasteiger partial charge in [-0.15, -0.1) is 0 Å². The molecular formula is C19H17F3N4O2S. The van der Waals surface area contributed by atoms with Gasteiger partial charge in [-0.05, 0) is 30.5 Å². The maximum absolute atomic E-state index is 12.8. The number of nitrogens with zero attached hydrogens (tertiary/aromatic N) is 3. The molecule has 1 atom stereocenters. The van der Waals surface area contributed by atoms with E-state index in [0.717, 1.165) is 12.1 Å². The number of rotatable bonds is 4. The molecule has 0 saturated carbocycles. The lowest BCUT2D eigenvalue weighted by Gasteiger charge is -2.14. The van der Waals surface area contributed by atoms with E-state index in [1.54, 1.807) is 0 Å². The van der Waals surface area contributed by atoms with Gasteiger partial charge in [0.25, 0.3) is 0 Å². The Morgan fingerprint density at radius 2 is 1.72 bits per heavy atom. The fourth-order valence-corrected chi connectivity index (χ4v) is 5.20. The first-order valence-electron chi connectivity index (χ1n) is 8.98. The van der Waals surface area contributed by atoms with Crippen molar-refractivity contribution in [1.29, 1.82) is 0 Å². The molecule has 0 unspecified atom stereocenters. The molecular weight excluding hydrogens is 405 g/mol. The number of hydrogen-bond acceptors (Lipinski definition) is 6. The number of fused-ring (bicyclic) bond motifs is 1. The molecule has 0 bridgehead atoms. The van der Waals surface area contributed by atoms with Crippen molar-refractivity contribution in [3.8, 4) is 11.1 Å². The van der Waals surface area contributed by atoms with Crippen LogP contribution in [0.5, 0.6) is 0 Å². The molecule has 1 aliphatic rings. The van der Waals surface area contributed by atoms with E-state index in [-0.39, 0.29) is 12.3 Å². The number of pyridine rings is 1. The second-order valence-electron chi connectivity index (χ2n) is 6.86. The lowest BCUT2D eigenvalue weighted by molar-refractivity contribution is -0.137. The van der Waals surface area contributed by atoms with Crippen LogP contribution in [0.3, 0.4) is 0 Å². The highest BCUT2D eigenvalue weighted by molar-refractivity contribution is 7.92. The van der Waals surface area contributed by atoms with Gasteiger partial charge in [0, 0.05) is 30.7 Å². The Kier molecular flexibility index (Phi) is 4.89. The molecule has 0 radical (unpaired) electrons. The van der Waals surface area contributed by atoms with Crippen LogP contribution in [0.1, 0.15) is 18.4 Å². The minimum Gasteiger partial charge on any atom is -0.367 e. The molecule has 0 amide bonds. The number of anilines is 1. The number of sulfone groups is 1. The van der Waals surface area contributed by atoms with Crippen molar-refractivity contribution in [2.45, 2.75) is 24.3 Å². The van der Waals surface area contributed by atoms with E-state index in [2.05, 4.69) is 20.3 Å². The summed E-state index contributed by atoms with van der Waals surface area (Å²) in [7, 11) is -3.10. The summed E-state index contributed by atoms with van der Waals surface area (Å²) in [5.41, 5.74) is 1.24. The molecule has 4 rings (SSSR count). The maximum Gasteiger partial charge on any atom is 0.416 e. The molecule has 10 heteroatoms. The van der Waals surface area contributed by atoms with Crippen LogP contribution >= 0.6 is 0 Å². The zero-order chi connectivity index (χ0) is 20.6. The summed E-state index contributed by atoms with van der Waals surface area (Å²) in [6.45, 7) is 0.223. The fourth-order valence-electron chi connectivity index (χ4n) is 3.44. The van der Waals surface area contributed by atoms with Crippen molar-refractivity contribution < 1.29 is 21.6 Å². The minimum absolute atomic E-state index is 0.195. The zero-order valence-corrected chi connectivity index (χ0v) is 16.0. The molecule has 1 aromatic carbocycles. The first kappa shape index (κ1) is 19.6. The maximum atomic E-state index is 12.8. The van der Waals surface area contributed by atoms with Gasteiger partial charge >= 0.3 is 6.18 Å². The van der Waals surface area contributed by atoms with Gasteiger partial charge in [0.1, 0.15) is 11.0 Å². The second-order valence-corrected chi connectivity index (χ2v) is 9.26. The van der Waals surface area contributed by atoms with Crippen molar-refractivity contribution in [3.63, 3.8) is 0 Å². The Labute approximate surface area is 165 Å². The van der Waals surface area contributed by atoms with Crippen LogP contribution in [-0.2, 0) is 16.0 Å². The zero-order valence-electron chi connectivity index (χ0n) is 15.1. The van der Waals surface area contributed by atoms with Gasteiger partial charge in [0.2, 0.25) is 0 Å². The Bertz CT molecular complexity index is 1150. The Balaban J connectivity index is 1.67. The number of aromatic nitrogens is 3. The summed E-state index contributed by atoms with van der Waals surface area (Å²) < 4.78 is 62.5. The highest BCUT2D eigenvalue weighted by Gasteiger charge is 2.31. The van der Waals surface area contributed by atoms with Crippen LogP contribution in [0.2, 0.25) is 0 Å². The largest absolute Gasteiger partial charge is 0.416 e. The summed E-state index contributed by atoms with van der Waals surface area (Å²) in [5, 5.41) is 2.58. The van der Waals surface area contributed by atoms with Gasteiger partial charge in [-0.3, -0.25) is 4.98 Å². The highest BCUT2D eigenvalue weighted by Crippen LogP contribution is 2.33. The van der Waals surface area contributed by atoms with Gasteiger partial charge in [0.15, 0.2) is 15.7 Å². The summed E-state index contributed by atoms with van der Waals surface area (Å²) in [4.78, 5) is 12.9. The van der Waals surface area contributed by atoms with Crippen LogP contribution in [0, 0.1) is 0 Å². The number of hydrogen-bond donors (Lipinski definition) is 1. The average molecular weight is 422 g/mol. The van der Waals surface area contributed by atoms with Crippen LogP contribution < -0.4 is 5.32 Å². The van der Waals surface area contributed by atoms with E-state index in [4.69, 9.17) is 0 Å². The third-order valence-electron chi connectivity index (χ3n) is 4.98. The van der Waals surface area contributed by atoms with Gasteiger partial charge in [-0.2, -0.15) is 13.2 Å². The molecule has 3 aromatic rings. The highest BCUT2D eigenvalue weighted by atomic mass is 32.2. The summed E-state index contributed by atoms with van der Waals surface area (Å²) >= 11 is 0. The third kappa shape index (κ3) is 3.89. The van der Waals surface area contributed by atoms with Gasteiger partial charge in [0.05, 0.1) is 16.6 Å². The molecule has 1 aliphatic heterocycles. The van der Waals surface area contributed by atoms with E-state index in [9.17, 15) is 21.6 Å². The van der Waals surface area contributed by atoms with E-state index in [1.807, 2.05) is 0 Å². The van der Waals surface area contributed by atoms with E-state index < -0.39 is 26.8 Å². The van der Waals surface area contributed by atoms with Crippen LogP contribution in [0.25, 0.3) is 22.2 Å². The Morgan fingerprint density at radius 3 is 2.34 bits per heavy atom. The molecule has 29 heavy (non-hydrogen) atoms. The van der Waals surface area contributed by atoms with Gasteiger partial charge in [-0.25, -0.2) is 18.4 Å². The predicted molar refractivity (Wildman–Crippen MR) is 103 cm³/mol. The number of alkyl halides is 3. The van der Waals surface area contributed by atoms with E-state index in [1.165, 1.54) is 30.7 Å². The second kappa shape index (κ2) is 7.25. The number of benzene rings is 1. The summed E-state index contributed by atoms with van der Waals surface area (Å²) in [6, 6.07) is 4.75. The van der Waals surface area contributed by atoms with Crippen LogP contribution in [-0.4, -0.2) is 40.9 Å². The van der Waals surface area contributed by atoms with Crippen molar-refractivity contribution >= 4 is 26.7 Å². The molecule has 2 aromatic heterocycles. The van der Waals surface area contributed by atoms with Crippen molar-refractivity contribution in [1.82, 2.24) is 15.0 Å². The molecule has 1 N–H and O–H groups in total. The predicted octanol–water partition coefficient (Wildman–Crippen LogP) is 3.70. The van der Waals surface area contributed by atoms with Crippen molar-refractivity contribution in [2.75, 3.05) is 17.6 Å². The summed E-state index contributed by atoms with van der Waals surface area (Å²) in [5.74, 6) is 0.589. The Hall–Kier alpha value is -2.75. The fraction of sp³-hybridized carbons (Fsp3) is 0.316. The first-order chi connectivity index (χ1) is 13.8. The smallest absolute Gasteiger partial charge is 0.367 e. The lowest BCUT2D eigenvalue weighted by atomic mass is 10.0. The molecule has 1 fully saturated rings. The monoisotopic (exact) mass is 422 g/mol. The molecule has 0 aliphatic carbocycles. The standard InChI is InChI=1S/C19H17F3N4O2S/c20-19(21,22)13-5-3-12(4-6-13)15-11-26-18(17-16(15)23-7-8-24-17)25-10-14-2-1-9-29(14,27)28/h3-8,11,14H,1-2,9-10H2,(H,25,26)/t14-/m1/s1. The van der Waals surface area contributed by atoms with Crippen molar-refractivity contribution in [3.05, 3.63) is 48.4 Å². The quantitative estimate of drug-likeness (QED) is 0.690. The topological polar surface area (TPSA) is 84.8 Å². The molecule has 3 heterocycles. The van der Waals surface area contributed by atoms with Gasteiger partial charge in [-0.1, -0.05) is 12.1 Å². The SMILES string of the molecule is O=S1(=O)CCC[C@@H]1CNc1ncc(-c2ccc(C(F)(F)F)cc2)c2nccnc12. The molecule has 6 nitrogen and oxygen atoms in total.